The van der Waals surface area contributed by atoms with E-state index in [1.807, 2.05) is 30.3 Å². The Morgan fingerprint density at radius 1 is 0.968 bits per heavy atom. The summed E-state index contributed by atoms with van der Waals surface area (Å²) in [6, 6.07) is 13.2. The number of amides is 2. The molecule has 2 saturated heterocycles. The molecule has 0 aliphatic carbocycles. The highest BCUT2D eigenvalue weighted by Gasteiger charge is 2.44. The third-order valence-corrected chi connectivity index (χ3v) is 5.80. The van der Waals surface area contributed by atoms with Crippen LogP contribution >= 0.6 is 0 Å². The minimum Gasteiger partial charge on any atom is -0.459 e. The molecule has 0 spiro atoms. The Labute approximate surface area is 180 Å². The second-order valence-corrected chi connectivity index (χ2v) is 7.79. The molecule has 9 nitrogen and oxygen atoms in total. The van der Waals surface area contributed by atoms with Gasteiger partial charge in [0, 0.05) is 38.4 Å². The fraction of sp³-hybridized carbons (Fsp3) is 0.455. The van der Waals surface area contributed by atoms with Crippen LogP contribution in [0.4, 0.5) is 5.69 Å². The van der Waals surface area contributed by atoms with Crippen LogP contribution < -0.4 is 10.2 Å². The van der Waals surface area contributed by atoms with Gasteiger partial charge in [0.1, 0.15) is 18.3 Å². The Balaban J connectivity index is 1.25. The summed E-state index contributed by atoms with van der Waals surface area (Å²) in [4.78, 5) is 28.7. The summed E-state index contributed by atoms with van der Waals surface area (Å²) in [7, 11) is 0. The number of aliphatic hydroxyl groups excluding tert-OH is 2. The van der Waals surface area contributed by atoms with Crippen LogP contribution in [0.1, 0.15) is 17.0 Å². The number of hydrogen-bond donors (Lipinski definition) is 3. The van der Waals surface area contributed by atoms with Crippen LogP contribution in [0.5, 0.6) is 0 Å². The summed E-state index contributed by atoms with van der Waals surface area (Å²) >= 11 is 0. The number of anilines is 1. The molecule has 2 aromatic rings. The predicted molar refractivity (Wildman–Crippen MR) is 112 cm³/mol. The maximum absolute atomic E-state index is 12.7. The van der Waals surface area contributed by atoms with Gasteiger partial charge in [0.05, 0.1) is 18.8 Å². The number of rotatable bonds is 6. The average molecular weight is 429 g/mol. The van der Waals surface area contributed by atoms with Crippen molar-refractivity contribution >= 4 is 17.5 Å². The number of nitrogens with zero attached hydrogens (tertiary/aromatic N) is 2. The number of piperazine rings is 1. The standard InChI is InChI=1S/C22H27N3O6/c26-19(25-10-8-24(9-11-25)15-5-2-1-3-6-15)13-17-20(27)21(28)18(31-17)14-23-22(29)16-7-4-12-30-16/h1-7,12,17-18,20-21,27-28H,8-11,13-14H2,(H,23,29). The van der Waals surface area contributed by atoms with Crippen molar-refractivity contribution in [3.8, 4) is 0 Å². The molecule has 2 aliphatic rings. The highest BCUT2D eigenvalue weighted by Crippen LogP contribution is 2.25. The number of para-hydroxylation sites is 1. The van der Waals surface area contributed by atoms with Crippen LogP contribution in [-0.2, 0) is 9.53 Å². The lowest BCUT2D eigenvalue weighted by Gasteiger charge is -2.36. The smallest absolute Gasteiger partial charge is 0.287 e. The maximum atomic E-state index is 12.7. The van der Waals surface area contributed by atoms with Crippen molar-refractivity contribution in [2.75, 3.05) is 37.6 Å². The molecule has 0 radical (unpaired) electrons. The molecule has 4 rings (SSSR count). The molecule has 1 aromatic heterocycles. The van der Waals surface area contributed by atoms with Crippen LogP contribution in [0.2, 0.25) is 0 Å². The van der Waals surface area contributed by atoms with Gasteiger partial charge in [-0.3, -0.25) is 9.59 Å². The Bertz CT molecular complexity index is 867. The number of aliphatic hydroxyl groups is 2. The first kappa shape index (κ1) is 21.4. The molecule has 4 atom stereocenters. The van der Waals surface area contributed by atoms with E-state index >= 15 is 0 Å². The fourth-order valence-corrected chi connectivity index (χ4v) is 4.01. The number of carbonyl (C=O) groups is 2. The Morgan fingerprint density at radius 2 is 1.68 bits per heavy atom. The van der Waals surface area contributed by atoms with E-state index in [1.165, 1.54) is 12.3 Å². The molecular formula is C22H27N3O6. The first-order valence-electron chi connectivity index (χ1n) is 10.4. The molecule has 9 heteroatoms. The van der Waals surface area contributed by atoms with Crippen molar-refractivity contribution in [3.63, 3.8) is 0 Å². The molecule has 2 fully saturated rings. The van der Waals surface area contributed by atoms with Gasteiger partial charge in [0.15, 0.2) is 5.76 Å². The van der Waals surface area contributed by atoms with E-state index in [0.29, 0.717) is 13.1 Å². The van der Waals surface area contributed by atoms with Crippen LogP contribution in [0.15, 0.2) is 53.1 Å². The molecule has 1 aromatic carbocycles. The summed E-state index contributed by atoms with van der Waals surface area (Å²) in [6.45, 7) is 2.63. The van der Waals surface area contributed by atoms with Gasteiger partial charge < -0.3 is 34.5 Å². The molecular weight excluding hydrogens is 402 g/mol. The normalized spacial score (nSPS) is 26.1. The third kappa shape index (κ3) is 4.90. The quantitative estimate of drug-likeness (QED) is 0.602. The first-order valence-corrected chi connectivity index (χ1v) is 10.4. The lowest BCUT2D eigenvalue weighted by molar-refractivity contribution is -0.135. The Morgan fingerprint density at radius 3 is 2.35 bits per heavy atom. The topological polar surface area (TPSA) is 115 Å². The van der Waals surface area contributed by atoms with Crippen molar-refractivity contribution in [1.82, 2.24) is 10.2 Å². The van der Waals surface area contributed by atoms with Gasteiger partial charge >= 0.3 is 0 Å². The maximum Gasteiger partial charge on any atom is 0.287 e. The first-order chi connectivity index (χ1) is 15.0. The van der Waals surface area contributed by atoms with E-state index in [1.54, 1.807) is 11.0 Å². The van der Waals surface area contributed by atoms with Crippen LogP contribution in [0, 0.1) is 0 Å². The zero-order valence-corrected chi connectivity index (χ0v) is 17.1. The van der Waals surface area contributed by atoms with E-state index < -0.39 is 30.3 Å². The van der Waals surface area contributed by atoms with Crippen LogP contribution in [0.3, 0.4) is 0 Å². The number of hydrogen-bond acceptors (Lipinski definition) is 7. The van der Waals surface area contributed by atoms with Gasteiger partial charge in [-0.2, -0.15) is 0 Å². The number of ether oxygens (including phenoxy) is 1. The van der Waals surface area contributed by atoms with Gasteiger partial charge in [-0.15, -0.1) is 0 Å². The Hall–Kier alpha value is -2.88. The average Bonchev–Trinajstić information content (AvgIpc) is 3.43. The second-order valence-electron chi connectivity index (χ2n) is 7.79. The SMILES string of the molecule is O=C(NCC1OC(CC(=O)N2CCN(c3ccccc3)CC2)C(O)C1O)c1ccco1. The third-order valence-electron chi connectivity index (χ3n) is 5.80. The van der Waals surface area contributed by atoms with Crippen molar-refractivity contribution in [1.29, 1.82) is 0 Å². The van der Waals surface area contributed by atoms with Gasteiger partial charge in [-0.25, -0.2) is 0 Å². The lowest BCUT2D eigenvalue weighted by atomic mass is 10.0. The molecule has 2 amide bonds. The monoisotopic (exact) mass is 429 g/mol. The summed E-state index contributed by atoms with van der Waals surface area (Å²) in [5.41, 5.74) is 1.13. The summed E-state index contributed by atoms with van der Waals surface area (Å²) in [6.07, 6.45) is -2.64. The lowest BCUT2D eigenvalue weighted by Crippen LogP contribution is -2.49. The molecule has 4 unspecified atom stereocenters. The van der Waals surface area contributed by atoms with Crippen LogP contribution in [0.25, 0.3) is 0 Å². The van der Waals surface area contributed by atoms with Crippen molar-refractivity contribution in [2.45, 2.75) is 30.8 Å². The van der Waals surface area contributed by atoms with Crippen LogP contribution in [-0.4, -0.2) is 84.1 Å². The minimum atomic E-state index is -1.19. The van der Waals surface area contributed by atoms with E-state index in [9.17, 15) is 19.8 Å². The number of carbonyl (C=O) groups excluding carboxylic acids is 2. The molecule has 0 saturated carbocycles. The molecule has 3 heterocycles. The number of benzene rings is 1. The summed E-state index contributed by atoms with van der Waals surface area (Å²) < 4.78 is 10.7. The molecule has 2 aliphatic heterocycles. The minimum absolute atomic E-state index is 0.00179. The van der Waals surface area contributed by atoms with Gasteiger partial charge in [0.25, 0.3) is 5.91 Å². The van der Waals surface area contributed by atoms with Gasteiger partial charge in [-0.1, -0.05) is 18.2 Å². The van der Waals surface area contributed by atoms with Crippen molar-refractivity contribution < 1.29 is 29.0 Å². The number of furan rings is 1. The molecule has 31 heavy (non-hydrogen) atoms. The van der Waals surface area contributed by atoms with Crippen molar-refractivity contribution in [3.05, 3.63) is 54.5 Å². The van der Waals surface area contributed by atoms with Gasteiger partial charge in [-0.05, 0) is 24.3 Å². The highest BCUT2D eigenvalue weighted by atomic mass is 16.5. The van der Waals surface area contributed by atoms with E-state index in [4.69, 9.17) is 9.15 Å². The second kappa shape index (κ2) is 9.51. The molecule has 0 bridgehead atoms. The zero-order valence-electron chi connectivity index (χ0n) is 17.1. The number of nitrogens with one attached hydrogen (secondary N) is 1. The van der Waals surface area contributed by atoms with E-state index in [2.05, 4.69) is 10.2 Å². The fourth-order valence-electron chi connectivity index (χ4n) is 4.01. The summed E-state index contributed by atoms with van der Waals surface area (Å²) in [5.74, 6) is -0.412. The van der Waals surface area contributed by atoms with E-state index in [-0.39, 0.29) is 24.6 Å². The highest BCUT2D eigenvalue weighted by molar-refractivity contribution is 5.91. The largest absolute Gasteiger partial charge is 0.459 e. The van der Waals surface area contributed by atoms with Crippen molar-refractivity contribution in [2.24, 2.45) is 0 Å². The predicted octanol–water partition coefficient (Wildman–Crippen LogP) is 0.238. The molecule has 3 N–H and O–H groups in total. The zero-order chi connectivity index (χ0) is 21.8. The summed E-state index contributed by atoms with van der Waals surface area (Å²) in [5, 5.41) is 23.2. The molecule has 166 valence electrons. The Kier molecular flexibility index (Phi) is 6.55. The van der Waals surface area contributed by atoms with E-state index in [0.717, 1.165) is 18.8 Å². The van der Waals surface area contributed by atoms with Gasteiger partial charge in [0.2, 0.25) is 5.91 Å².